The highest BCUT2D eigenvalue weighted by atomic mass is 16.5. The minimum Gasteiger partial charge on any atom is -0.480 e. The van der Waals surface area contributed by atoms with Crippen molar-refractivity contribution in [3.63, 3.8) is 0 Å². The number of piperazine rings is 1. The van der Waals surface area contributed by atoms with Gasteiger partial charge in [-0.3, -0.25) is 19.5 Å². The van der Waals surface area contributed by atoms with Gasteiger partial charge in [0.05, 0.1) is 11.8 Å². The maximum atomic E-state index is 13.7. The summed E-state index contributed by atoms with van der Waals surface area (Å²) in [6, 6.07) is 4.14. The number of likely N-dealkylation sites (N-methyl/N-ethyl adjacent to an activating group) is 1. The molecule has 3 spiro atoms. The molecule has 1 aromatic rings. The molecule has 7 heteroatoms. The Morgan fingerprint density at radius 2 is 1.94 bits per heavy atom. The number of carbonyl (C=O) groups excluding carboxylic acids is 2. The SMILES string of the molecule is CN1C(=O)[C@]23C[C@H]4C(C)(C)[C@]5(C=Nc6c5ccc5c6OC=CC(C)(C)O5)C[C@@]41CN2CCC3=O. The van der Waals surface area contributed by atoms with E-state index in [9.17, 15) is 9.59 Å². The Balaban J connectivity index is 1.39. The summed E-state index contributed by atoms with van der Waals surface area (Å²) >= 11 is 0. The topological polar surface area (TPSA) is 71.4 Å². The number of Topliss-reactive ketones (excluding diaryl/α,β-unsaturated/α-hetero) is 1. The molecular weight excluding hydrogens is 430 g/mol. The molecule has 7 aliphatic rings. The van der Waals surface area contributed by atoms with Crippen molar-refractivity contribution < 1.29 is 19.1 Å². The van der Waals surface area contributed by atoms with Crippen molar-refractivity contribution in [3.8, 4) is 11.5 Å². The van der Waals surface area contributed by atoms with Gasteiger partial charge in [0.2, 0.25) is 0 Å². The molecule has 0 radical (unpaired) electrons. The molecule has 2 bridgehead atoms. The Hall–Kier alpha value is -2.67. The molecule has 1 amide bonds. The first-order valence-corrected chi connectivity index (χ1v) is 12.3. The zero-order valence-corrected chi connectivity index (χ0v) is 20.5. The lowest BCUT2D eigenvalue weighted by Crippen LogP contribution is -2.80. The molecular formula is C27H31N3O4. The molecule has 4 atom stereocenters. The number of aliphatic imine (C=N–C) groups is 1. The van der Waals surface area contributed by atoms with Crippen LogP contribution in [0.5, 0.6) is 11.5 Å². The van der Waals surface area contributed by atoms with E-state index >= 15 is 0 Å². The molecule has 0 unspecified atom stereocenters. The fraction of sp³-hybridized carbons (Fsp3) is 0.593. The summed E-state index contributed by atoms with van der Waals surface area (Å²) in [7, 11) is 1.92. The molecule has 6 aliphatic heterocycles. The number of ketones is 1. The van der Waals surface area contributed by atoms with E-state index in [1.165, 1.54) is 0 Å². The van der Waals surface area contributed by atoms with Gasteiger partial charge in [-0.1, -0.05) is 19.9 Å². The van der Waals surface area contributed by atoms with Crippen LogP contribution in [-0.2, 0) is 15.0 Å². The average Bonchev–Trinajstić information content (AvgIpc) is 3.32. The van der Waals surface area contributed by atoms with Crippen LogP contribution >= 0.6 is 0 Å². The second-order valence-electron chi connectivity index (χ2n) is 12.2. The summed E-state index contributed by atoms with van der Waals surface area (Å²) in [6.07, 6.45) is 7.57. The number of fused-ring (bicyclic) bond motifs is 5. The highest BCUT2D eigenvalue weighted by molar-refractivity contribution is 6.13. The van der Waals surface area contributed by atoms with Crippen molar-refractivity contribution in [2.24, 2.45) is 16.3 Å². The maximum Gasteiger partial charge on any atom is 0.251 e. The van der Waals surface area contributed by atoms with E-state index in [0.717, 1.165) is 24.2 Å². The largest absolute Gasteiger partial charge is 0.480 e. The van der Waals surface area contributed by atoms with Crippen molar-refractivity contribution >= 4 is 23.6 Å². The Labute approximate surface area is 199 Å². The van der Waals surface area contributed by atoms with E-state index in [0.29, 0.717) is 30.9 Å². The summed E-state index contributed by atoms with van der Waals surface area (Å²) < 4.78 is 12.3. The minimum atomic E-state index is -0.969. The second-order valence-corrected chi connectivity index (χ2v) is 12.2. The van der Waals surface area contributed by atoms with Crippen LogP contribution in [0.1, 0.15) is 52.5 Å². The van der Waals surface area contributed by atoms with Gasteiger partial charge in [-0.25, -0.2) is 0 Å². The number of carbonyl (C=O) groups is 2. The number of hydrogen-bond acceptors (Lipinski definition) is 6. The number of hydrogen-bond donors (Lipinski definition) is 0. The molecule has 4 saturated heterocycles. The fourth-order valence-corrected chi connectivity index (χ4v) is 8.32. The standard InChI is InChI=1S/C27H31N3O4/c1-23(2)9-11-33-21-17(34-23)7-6-16-20(21)28-14-25(16)13-26-15-30-10-8-19(31)27(30,22(32)29(26)5)12-18(26)24(25,3)4/h6-7,9,11,14,18H,8,10,12-13,15H2,1-5H3/t18-,25-,26+,27+/m0/s1. The van der Waals surface area contributed by atoms with E-state index in [1.54, 1.807) is 6.26 Å². The van der Waals surface area contributed by atoms with Crippen molar-refractivity contribution in [2.75, 3.05) is 20.1 Å². The van der Waals surface area contributed by atoms with E-state index in [1.807, 2.05) is 37.9 Å². The molecule has 1 aromatic carbocycles. The van der Waals surface area contributed by atoms with E-state index in [2.05, 4.69) is 31.0 Å². The highest BCUT2D eigenvalue weighted by Gasteiger charge is 2.78. The van der Waals surface area contributed by atoms with Gasteiger partial charge >= 0.3 is 0 Å². The van der Waals surface area contributed by atoms with Crippen molar-refractivity contribution in [2.45, 2.75) is 69.1 Å². The van der Waals surface area contributed by atoms with Gasteiger partial charge in [-0.15, -0.1) is 0 Å². The van der Waals surface area contributed by atoms with Gasteiger partial charge in [0.1, 0.15) is 11.3 Å². The zero-order chi connectivity index (χ0) is 23.9. The average molecular weight is 462 g/mol. The van der Waals surface area contributed by atoms with Crippen molar-refractivity contribution in [1.82, 2.24) is 9.80 Å². The molecule has 1 saturated carbocycles. The predicted molar refractivity (Wildman–Crippen MR) is 127 cm³/mol. The molecule has 178 valence electrons. The lowest BCUT2D eigenvalue weighted by Gasteiger charge is -2.63. The fourth-order valence-electron chi connectivity index (χ4n) is 8.32. The summed E-state index contributed by atoms with van der Waals surface area (Å²) in [5, 5.41) is 0. The van der Waals surface area contributed by atoms with Crippen LogP contribution < -0.4 is 9.47 Å². The second kappa shape index (κ2) is 5.76. The Morgan fingerprint density at radius 1 is 1.15 bits per heavy atom. The number of amides is 1. The van der Waals surface area contributed by atoms with Gasteiger partial charge in [-0.05, 0) is 55.7 Å². The smallest absolute Gasteiger partial charge is 0.251 e. The van der Waals surface area contributed by atoms with E-state index < -0.39 is 11.1 Å². The molecule has 1 aliphatic carbocycles. The minimum absolute atomic E-state index is 0.00783. The number of benzene rings is 1. The van der Waals surface area contributed by atoms with Crippen LogP contribution in [-0.4, -0.2) is 64.5 Å². The molecule has 6 heterocycles. The summed E-state index contributed by atoms with van der Waals surface area (Å²) in [5.41, 5.74) is -0.393. The van der Waals surface area contributed by atoms with Crippen LogP contribution in [0.25, 0.3) is 0 Å². The van der Waals surface area contributed by atoms with Gasteiger partial charge < -0.3 is 14.4 Å². The number of rotatable bonds is 0. The van der Waals surface area contributed by atoms with Crippen LogP contribution in [0.3, 0.4) is 0 Å². The van der Waals surface area contributed by atoms with Crippen LogP contribution in [0.15, 0.2) is 29.5 Å². The third-order valence-electron chi connectivity index (χ3n) is 10.2. The van der Waals surface area contributed by atoms with Crippen LogP contribution in [0.4, 0.5) is 5.69 Å². The normalized spacial score (nSPS) is 40.0. The zero-order valence-electron chi connectivity index (χ0n) is 20.5. The maximum absolute atomic E-state index is 13.7. The van der Waals surface area contributed by atoms with Crippen molar-refractivity contribution in [3.05, 3.63) is 30.0 Å². The Kier molecular flexibility index (Phi) is 3.50. The number of ether oxygens (including phenoxy) is 2. The van der Waals surface area contributed by atoms with Gasteiger partial charge in [-0.2, -0.15) is 0 Å². The summed E-state index contributed by atoms with van der Waals surface area (Å²) in [6.45, 7) is 10.0. The third-order valence-corrected chi connectivity index (χ3v) is 10.2. The first-order valence-electron chi connectivity index (χ1n) is 12.3. The van der Waals surface area contributed by atoms with Crippen molar-refractivity contribution in [1.29, 1.82) is 0 Å². The predicted octanol–water partition coefficient (Wildman–Crippen LogP) is 3.38. The van der Waals surface area contributed by atoms with Gasteiger partial charge in [0, 0.05) is 38.2 Å². The summed E-state index contributed by atoms with van der Waals surface area (Å²) in [4.78, 5) is 35.9. The van der Waals surface area contributed by atoms with Gasteiger partial charge in [0.25, 0.3) is 5.91 Å². The third kappa shape index (κ3) is 2.01. The molecule has 7 nitrogen and oxygen atoms in total. The van der Waals surface area contributed by atoms with Crippen LogP contribution in [0.2, 0.25) is 0 Å². The first-order chi connectivity index (χ1) is 16.0. The van der Waals surface area contributed by atoms with E-state index in [4.69, 9.17) is 14.5 Å². The Morgan fingerprint density at radius 3 is 2.74 bits per heavy atom. The van der Waals surface area contributed by atoms with Crippen LogP contribution in [0, 0.1) is 11.3 Å². The van der Waals surface area contributed by atoms with E-state index in [-0.39, 0.29) is 34.0 Å². The molecule has 0 N–H and O–H groups in total. The number of piperidine rings is 2. The van der Waals surface area contributed by atoms with Gasteiger partial charge in [0.15, 0.2) is 22.8 Å². The lowest BCUT2D eigenvalue weighted by atomic mass is 9.57. The Bertz CT molecular complexity index is 1250. The lowest BCUT2D eigenvalue weighted by molar-refractivity contribution is -0.185. The molecule has 5 fully saturated rings. The number of nitrogens with zero attached hydrogens (tertiary/aromatic N) is 3. The monoisotopic (exact) mass is 461 g/mol. The quantitative estimate of drug-likeness (QED) is 0.554. The highest BCUT2D eigenvalue weighted by Crippen LogP contribution is 2.71. The summed E-state index contributed by atoms with van der Waals surface area (Å²) in [5.74, 6) is 1.62. The molecule has 34 heavy (non-hydrogen) atoms. The molecule has 0 aromatic heterocycles. The first kappa shape index (κ1) is 20.7. The molecule has 8 rings (SSSR count).